The molecule has 15 heavy (non-hydrogen) atoms. The highest BCUT2D eigenvalue weighted by Gasteiger charge is 1.73. The Morgan fingerprint density at radius 2 is 1.67 bits per heavy atom. The second-order valence-electron chi connectivity index (χ2n) is 3.47. The molecular weight excluding hydrogens is 180 g/mol. The van der Waals surface area contributed by atoms with Crippen LogP contribution in [0.4, 0.5) is 0 Å². The van der Waals surface area contributed by atoms with Gasteiger partial charge in [-0.15, -0.1) is 11.8 Å². The van der Waals surface area contributed by atoms with Crippen LogP contribution in [0.15, 0.2) is 30.3 Å². The fourth-order valence-corrected chi connectivity index (χ4v) is 1.01. The van der Waals surface area contributed by atoms with Gasteiger partial charge in [0.15, 0.2) is 0 Å². The molecule has 0 nitrogen and oxygen atoms in total. The number of benzene rings is 1. The Balaban J connectivity index is 0.000000262. The Morgan fingerprint density at radius 1 is 1.00 bits per heavy atom. The summed E-state index contributed by atoms with van der Waals surface area (Å²) >= 11 is 0. The number of aryl methyl sites for hydroxylation is 1. The van der Waals surface area contributed by atoms with Crippen molar-refractivity contribution in [2.45, 2.75) is 46.5 Å². The maximum Gasteiger partial charge on any atom is 0.00885 e. The van der Waals surface area contributed by atoms with Crippen molar-refractivity contribution in [2.24, 2.45) is 0 Å². The lowest BCUT2D eigenvalue weighted by Crippen LogP contribution is -1.65. The lowest BCUT2D eigenvalue weighted by molar-refractivity contribution is 0.827. The molecule has 1 aromatic carbocycles. The van der Waals surface area contributed by atoms with Gasteiger partial charge >= 0.3 is 0 Å². The number of rotatable bonds is 2. The molecular formula is C15H22. The minimum Gasteiger partial charge on any atom is -0.104 e. The van der Waals surface area contributed by atoms with Gasteiger partial charge in [0.05, 0.1) is 0 Å². The van der Waals surface area contributed by atoms with Gasteiger partial charge in [-0.2, -0.15) is 0 Å². The van der Waals surface area contributed by atoms with Gasteiger partial charge in [-0.05, 0) is 13.3 Å². The van der Waals surface area contributed by atoms with Crippen LogP contribution >= 0.6 is 0 Å². The molecule has 0 N–H and O–H groups in total. The summed E-state index contributed by atoms with van der Waals surface area (Å²) in [6.45, 7) is 6.35. The van der Waals surface area contributed by atoms with Gasteiger partial charge in [-0.25, -0.2) is 0 Å². The van der Waals surface area contributed by atoms with Gasteiger partial charge in [0.1, 0.15) is 0 Å². The Labute approximate surface area is 94.7 Å². The van der Waals surface area contributed by atoms with E-state index in [1.165, 1.54) is 18.4 Å². The quantitative estimate of drug-likeness (QED) is 0.486. The van der Waals surface area contributed by atoms with Gasteiger partial charge in [0.2, 0.25) is 0 Å². The second kappa shape index (κ2) is 10.9. The number of hydrogen-bond donors (Lipinski definition) is 0. The molecule has 0 aliphatic rings. The number of unbranched alkanes of at least 4 members (excludes halogenated alkanes) is 2. The largest absolute Gasteiger partial charge is 0.104 e. The van der Waals surface area contributed by atoms with Gasteiger partial charge in [-0.3, -0.25) is 0 Å². The Kier molecular flexibility index (Phi) is 9.98. The average molecular weight is 202 g/mol. The molecule has 0 spiro atoms. The van der Waals surface area contributed by atoms with E-state index in [2.05, 4.69) is 44.7 Å². The van der Waals surface area contributed by atoms with E-state index in [1.807, 2.05) is 18.2 Å². The van der Waals surface area contributed by atoms with E-state index in [0.29, 0.717) is 0 Å². The molecule has 82 valence electrons. The Bertz CT molecular complexity index is 274. The van der Waals surface area contributed by atoms with Gasteiger partial charge in [-0.1, -0.05) is 56.2 Å². The zero-order valence-electron chi connectivity index (χ0n) is 10.2. The van der Waals surface area contributed by atoms with Crippen LogP contribution in [-0.2, 0) is 0 Å². The van der Waals surface area contributed by atoms with Crippen molar-refractivity contribution in [1.82, 2.24) is 0 Å². The molecule has 0 aromatic heterocycles. The monoisotopic (exact) mass is 202 g/mol. The van der Waals surface area contributed by atoms with Crippen molar-refractivity contribution in [1.29, 1.82) is 0 Å². The molecule has 0 bridgehead atoms. The minimum atomic E-state index is 1.00. The molecule has 1 rings (SSSR count). The van der Waals surface area contributed by atoms with Crippen molar-refractivity contribution < 1.29 is 0 Å². The maximum absolute atomic E-state index is 3.09. The lowest BCUT2D eigenvalue weighted by atomic mass is 10.2. The summed E-state index contributed by atoms with van der Waals surface area (Å²) in [5.41, 5.74) is 1.32. The SMILES string of the molecule is CCC#CCCCC.Cc1ccccc1. The van der Waals surface area contributed by atoms with E-state index < -0.39 is 0 Å². The van der Waals surface area contributed by atoms with E-state index in [1.54, 1.807) is 0 Å². The smallest absolute Gasteiger partial charge is 0.00885 e. The zero-order valence-corrected chi connectivity index (χ0v) is 10.2. The van der Waals surface area contributed by atoms with Gasteiger partial charge < -0.3 is 0 Å². The topological polar surface area (TPSA) is 0 Å². The van der Waals surface area contributed by atoms with E-state index in [-0.39, 0.29) is 0 Å². The van der Waals surface area contributed by atoms with Crippen LogP contribution in [0.5, 0.6) is 0 Å². The van der Waals surface area contributed by atoms with Crippen LogP contribution in [0.1, 0.15) is 45.1 Å². The molecule has 1 aromatic rings. The molecule has 0 heteroatoms. The zero-order chi connectivity index (χ0) is 11.4. The second-order valence-corrected chi connectivity index (χ2v) is 3.47. The highest BCUT2D eigenvalue weighted by molar-refractivity contribution is 5.11. The van der Waals surface area contributed by atoms with Crippen LogP contribution < -0.4 is 0 Å². The Hall–Kier alpha value is -1.22. The highest BCUT2D eigenvalue weighted by atomic mass is 13.8. The third-order valence-electron chi connectivity index (χ3n) is 1.90. The van der Waals surface area contributed by atoms with Crippen molar-refractivity contribution in [2.75, 3.05) is 0 Å². The van der Waals surface area contributed by atoms with Crippen LogP contribution in [0.3, 0.4) is 0 Å². The molecule has 0 atom stereocenters. The first-order chi connectivity index (χ1) is 7.31. The molecule has 0 unspecified atom stereocenters. The predicted molar refractivity (Wildman–Crippen MR) is 68.8 cm³/mol. The first kappa shape index (κ1) is 13.8. The summed E-state index contributed by atoms with van der Waals surface area (Å²) in [4.78, 5) is 0. The van der Waals surface area contributed by atoms with E-state index >= 15 is 0 Å². The summed E-state index contributed by atoms with van der Waals surface area (Å²) in [5.74, 6) is 6.12. The highest BCUT2D eigenvalue weighted by Crippen LogP contribution is 1.92. The molecule has 0 heterocycles. The summed E-state index contributed by atoms with van der Waals surface area (Å²) in [5, 5.41) is 0. The third kappa shape index (κ3) is 10.7. The van der Waals surface area contributed by atoms with Crippen molar-refractivity contribution in [3.8, 4) is 11.8 Å². The van der Waals surface area contributed by atoms with Crippen LogP contribution in [-0.4, -0.2) is 0 Å². The fourth-order valence-electron chi connectivity index (χ4n) is 1.01. The van der Waals surface area contributed by atoms with Gasteiger partial charge in [0.25, 0.3) is 0 Å². The fraction of sp³-hybridized carbons (Fsp3) is 0.467. The molecule has 0 saturated carbocycles. The average Bonchev–Trinajstić information content (AvgIpc) is 2.27. The third-order valence-corrected chi connectivity index (χ3v) is 1.90. The first-order valence-electron chi connectivity index (χ1n) is 5.78. The van der Waals surface area contributed by atoms with E-state index in [0.717, 1.165) is 12.8 Å². The molecule has 0 aliphatic heterocycles. The van der Waals surface area contributed by atoms with Gasteiger partial charge in [0, 0.05) is 12.8 Å². The summed E-state index contributed by atoms with van der Waals surface area (Å²) in [7, 11) is 0. The molecule has 0 aliphatic carbocycles. The summed E-state index contributed by atoms with van der Waals surface area (Å²) in [6, 6.07) is 10.3. The Morgan fingerprint density at radius 3 is 2.07 bits per heavy atom. The van der Waals surface area contributed by atoms with Crippen LogP contribution in [0.2, 0.25) is 0 Å². The molecule has 0 saturated heterocycles. The van der Waals surface area contributed by atoms with E-state index in [9.17, 15) is 0 Å². The summed E-state index contributed by atoms with van der Waals surface area (Å²) in [6.07, 6.45) is 4.61. The number of hydrogen-bond acceptors (Lipinski definition) is 0. The van der Waals surface area contributed by atoms with Crippen molar-refractivity contribution >= 4 is 0 Å². The minimum absolute atomic E-state index is 1.00. The van der Waals surface area contributed by atoms with Crippen molar-refractivity contribution in [3.05, 3.63) is 35.9 Å². The van der Waals surface area contributed by atoms with Crippen molar-refractivity contribution in [3.63, 3.8) is 0 Å². The summed E-state index contributed by atoms with van der Waals surface area (Å²) < 4.78 is 0. The van der Waals surface area contributed by atoms with Crippen LogP contribution in [0.25, 0.3) is 0 Å². The van der Waals surface area contributed by atoms with E-state index in [4.69, 9.17) is 0 Å². The molecule has 0 amide bonds. The standard InChI is InChI=1S/C8H14.C7H8/c1-3-5-7-8-6-4-2;1-7-5-3-2-4-6-7/h3-5,7H2,1-2H3;2-6H,1H3. The van der Waals surface area contributed by atoms with Crippen LogP contribution in [0, 0.1) is 18.8 Å². The normalized spacial score (nSPS) is 8.20. The maximum atomic E-state index is 3.09. The molecule has 0 fully saturated rings. The first-order valence-corrected chi connectivity index (χ1v) is 5.78. The lowest BCUT2D eigenvalue weighted by Gasteiger charge is -1.82. The molecule has 0 radical (unpaired) electrons. The predicted octanol–water partition coefficient (Wildman–Crippen LogP) is 4.59.